The average Bonchev–Trinajstić information content (AvgIpc) is 2.94. The summed E-state index contributed by atoms with van der Waals surface area (Å²) in [5, 5.41) is 0. The summed E-state index contributed by atoms with van der Waals surface area (Å²) < 4.78 is 1.17. The summed E-state index contributed by atoms with van der Waals surface area (Å²) in [6.07, 6.45) is 2.27. The highest BCUT2D eigenvalue weighted by molar-refractivity contribution is 9.10. The number of likely N-dealkylation sites (N-methyl/N-ethyl adjacent to an activating group) is 1. The van der Waals surface area contributed by atoms with Crippen LogP contribution in [0.1, 0.15) is 31.4 Å². The average molecular weight is 343 g/mol. The highest BCUT2D eigenvalue weighted by Gasteiger charge is 2.31. The number of halogens is 1. The van der Waals surface area contributed by atoms with Crippen molar-refractivity contribution in [3.05, 3.63) is 34.3 Å². The van der Waals surface area contributed by atoms with Gasteiger partial charge in [0.1, 0.15) is 0 Å². The Labute approximate surface area is 129 Å². The molecule has 0 aliphatic carbocycles. The highest BCUT2D eigenvalue weighted by Crippen LogP contribution is 2.34. The van der Waals surface area contributed by atoms with Gasteiger partial charge in [0.15, 0.2) is 0 Å². The first-order valence-corrected chi connectivity index (χ1v) is 8.89. The molecule has 0 bridgehead atoms. The summed E-state index contributed by atoms with van der Waals surface area (Å²) in [4.78, 5) is 2.49. The molecule has 1 fully saturated rings. The summed E-state index contributed by atoms with van der Waals surface area (Å²) in [5.74, 6) is 2.51. The van der Waals surface area contributed by atoms with Crippen LogP contribution in [0.4, 0.5) is 0 Å². The van der Waals surface area contributed by atoms with Crippen LogP contribution in [0.5, 0.6) is 0 Å². The lowest BCUT2D eigenvalue weighted by Gasteiger charge is -2.37. The van der Waals surface area contributed by atoms with Crippen LogP contribution in [0.2, 0.25) is 0 Å². The molecular weight excluding hydrogens is 320 g/mol. The molecule has 0 radical (unpaired) electrons. The van der Waals surface area contributed by atoms with Crippen LogP contribution in [0.25, 0.3) is 0 Å². The van der Waals surface area contributed by atoms with Crippen molar-refractivity contribution in [1.29, 1.82) is 0 Å². The maximum atomic E-state index is 6.42. The Balaban J connectivity index is 2.27. The van der Waals surface area contributed by atoms with Gasteiger partial charge in [-0.1, -0.05) is 41.1 Å². The maximum absolute atomic E-state index is 6.42. The molecule has 19 heavy (non-hydrogen) atoms. The van der Waals surface area contributed by atoms with Crippen molar-refractivity contribution in [1.82, 2.24) is 4.90 Å². The van der Waals surface area contributed by atoms with Crippen LogP contribution >= 0.6 is 27.7 Å². The predicted octanol–water partition coefficient (Wildman–Crippen LogP) is 3.66. The van der Waals surface area contributed by atoms with E-state index in [4.69, 9.17) is 5.73 Å². The Kier molecular flexibility index (Phi) is 5.75. The van der Waals surface area contributed by atoms with E-state index in [0.717, 1.165) is 6.42 Å². The van der Waals surface area contributed by atoms with Crippen LogP contribution < -0.4 is 5.73 Å². The van der Waals surface area contributed by atoms with Gasteiger partial charge in [0, 0.05) is 22.3 Å². The minimum absolute atomic E-state index is 0.175. The maximum Gasteiger partial charge on any atom is 0.0510 e. The van der Waals surface area contributed by atoms with Gasteiger partial charge in [-0.05, 0) is 37.3 Å². The zero-order valence-corrected chi connectivity index (χ0v) is 14.1. The molecule has 4 heteroatoms. The second kappa shape index (κ2) is 7.11. The van der Waals surface area contributed by atoms with Gasteiger partial charge in [0.05, 0.1) is 6.04 Å². The Morgan fingerprint density at radius 1 is 1.47 bits per heavy atom. The smallest absolute Gasteiger partial charge is 0.0510 e. The summed E-state index contributed by atoms with van der Waals surface area (Å²) in [6, 6.07) is 9.60. The fourth-order valence-electron chi connectivity index (χ4n) is 2.76. The first kappa shape index (κ1) is 15.4. The summed E-state index contributed by atoms with van der Waals surface area (Å²) in [7, 11) is 2.23. The molecule has 1 heterocycles. The molecule has 1 aromatic carbocycles. The standard InChI is InChI=1S/C15H23BrN2S/c1-3-14(17)15(12-6-4-5-7-13(12)16)18(2)11-8-9-19-10-11/h4-7,11,14-15H,3,8-10,17H2,1-2H3. The van der Waals surface area contributed by atoms with E-state index in [1.165, 1.54) is 28.0 Å². The Hall–Kier alpha value is -0.0300. The molecule has 0 amide bonds. The van der Waals surface area contributed by atoms with Gasteiger partial charge >= 0.3 is 0 Å². The van der Waals surface area contributed by atoms with Gasteiger partial charge in [0.25, 0.3) is 0 Å². The van der Waals surface area contributed by atoms with Crippen molar-refractivity contribution in [2.75, 3.05) is 18.6 Å². The van der Waals surface area contributed by atoms with Gasteiger partial charge in [0.2, 0.25) is 0 Å². The second-order valence-electron chi connectivity index (χ2n) is 5.22. The van der Waals surface area contributed by atoms with E-state index in [0.29, 0.717) is 12.1 Å². The summed E-state index contributed by atoms with van der Waals surface area (Å²) >= 11 is 5.74. The molecule has 0 spiro atoms. The van der Waals surface area contributed by atoms with Crippen molar-refractivity contribution >= 4 is 27.7 Å². The van der Waals surface area contributed by atoms with Gasteiger partial charge in [-0.2, -0.15) is 11.8 Å². The molecular formula is C15H23BrN2S. The lowest BCUT2D eigenvalue weighted by Crippen LogP contribution is -2.44. The van der Waals surface area contributed by atoms with Crippen LogP contribution in [-0.2, 0) is 0 Å². The summed E-state index contributed by atoms with van der Waals surface area (Å²) in [5.41, 5.74) is 7.73. The van der Waals surface area contributed by atoms with E-state index in [1.54, 1.807) is 0 Å². The summed E-state index contributed by atoms with van der Waals surface area (Å²) in [6.45, 7) is 2.17. The zero-order chi connectivity index (χ0) is 13.8. The Morgan fingerprint density at radius 3 is 2.79 bits per heavy atom. The number of rotatable bonds is 5. The predicted molar refractivity (Wildman–Crippen MR) is 88.6 cm³/mol. The molecule has 3 unspecified atom stereocenters. The molecule has 1 aliphatic heterocycles. The SMILES string of the molecule is CCC(N)C(c1ccccc1Br)N(C)C1CCSC1. The highest BCUT2D eigenvalue weighted by atomic mass is 79.9. The van der Waals surface area contributed by atoms with Crippen LogP contribution in [-0.4, -0.2) is 35.5 Å². The van der Waals surface area contributed by atoms with Crippen molar-refractivity contribution < 1.29 is 0 Å². The van der Waals surface area contributed by atoms with E-state index in [1.807, 2.05) is 0 Å². The van der Waals surface area contributed by atoms with Gasteiger partial charge in [-0.15, -0.1) is 0 Å². The molecule has 1 aromatic rings. The zero-order valence-electron chi connectivity index (χ0n) is 11.7. The number of hydrogen-bond acceptors (Lipinski definition) is 3. The van der Waals surface area contributed by atoms with Crippen molar-refractivity contribution in [2.45, 2.75) is 37.9 Å². The third-order valence-corrected chi connectivity index (χ3v) is 5.89. The Morgan fingerprint density at radius 2 is 2.21 bits per heavy atom. The van der Waals surface area contributed by atoms with Crippen LogP contribution in [0.3, 0.4) is 0 Å². The Bertz CT molecular complexity index is 407. The topological polar surface area (TPSA) is 29.3 Å². The normalized spacial score (nSPS) is 22.7. The quantitative estimate of drug-likeness (QED) is 0.885. The number of thioether (sulfide) groups is 1. The fraction of sp³-hybridized carbons (Fsp3) is 0.600. The molecule has 2 nitrogen and oxygen atoms in total. The lowest BCUT2D eigenvalue weighted by molar-refractivity contribution is 0.161. The fourth-order valence-corrected chi connectivity index (χ4v) is 4.56. The van der Waals surface area contributed by atoms with E-state index < -0.39 is 0 Å². The van der Waals surface area contributed by atoms with Crippen LogP contribution in [0, 0.1) is 0 Å². The number of hydrogen-bond donors (Lipinski definition) is 1. The first-order chi connectivity index (χ1) is 9.15. The van der Waals surface area contributed by atoms with E-state index >= 15 is 0 Å². The second-order valence-corrected chi connectivity index (χ2v) is 7.23. The largest absolute Gasteiger partial charge is 0.326 e. The molecule has 2 rings (SSSR count). The number of benzene rings is 1. The molecule has 1 aliphatic rings. The molecule has 1 saturated heterocycles. The van der Waals surface area contributed by atoms with E-state index in [2.05, 4.69) is 70.8 Å². The molecule has 3 atom stereocenters. The van der Waals surface area contributed by atoms with Gasteiger partial charge < -0.3 is 5.73 Å². The molecule has 0 aromatic heterocycles. The van der Waals surface area contributed by atoms with E-state index in [-0.39, 0.29) is 6.04 Å². The monoisotopic (exact) mass is 342 g/mol. The minimum atomic E-state index is 0.175. The minimum Gasteiger partial charge on any atom is -0.326 e. The van der Waals surface area contributed by atoms with Crippen molar-refractivity contribution in [3.8, 4) is 0 Å². The number of nitrogens with two attached hydrogens (primary N) is 1. The van der Waals surface area contributed by atoms with Crippen molar-refractivity contribution in [2.24, 2.45) is 5.73 Å². The van der Waals surface area contributed by atoms with E-state index in [9.17, 15) is 0 Å². The van der Waals surface area contributed by atoms with Crippen LogP contribution in [0.15, 0.2) is 28.7 Å². The van der Waals surface area contributed by atoms with Gasteiger partial charge in [-0.25, -0.2) is 0 Å². The molecule has 106 valence electrons. The van der Waals surface area contributed by atoms with Crippen molar-refractivity contribution in [3.63, 3.8) is 0 Å². The first-order valence-electron chi connectivity index (χ1n) is 6.94. The molecule has 2 N–H and O–H groups in total. The third kappa shape index (κ3) is 3.54. The third-order valence-electron chi connectivity index (χ3n) is 4.02. The molecule has 0 saturated carbocycles. The van der Waals surface area contributed by atoms with Gasteiger partial charge in [-0.3, -0.25) is 4.90 Å². The lowest BCUT2D eigenvalue weighted by atomic mass is 9.95. The number of nitrogens with zero attached hydrogens (tertiary/aromatic N) is 1.